The molecule has 1 N–H and O–H groups in total. The van der Waals surface area contributed by atoms with Crippen LogP contribution < -0.4 is 5.32 Å². The van der Waals surface area contributed by atoms with Crippen molar-refractivity contribution < 1.29 is 4.79 Å². The third-order valence-electron chi connectivity index (χ3n) is 0.630. The molecule has 0 saturated heterocycles. The van der Waals surface area contributed by atoms with E-state index in [9.17, 15) is 4.79 Å². The van der Waals surface area contributed by atoms with Crippen LogP contribution in [0.1, 0.15) is 6.92 Å². The molecule has 0 aliphatic carbocycles. The molecule has 0 aromatic carbocycles. The van der Waals surface area contributed by atoms with E-state index in [0.29, 0.717) is 5.17 Å². The van der Waals surface area contributed by atoms with Crippen LogP contribution in [-0.2, 0) is 16.1 Å². The monoisotopic (exact) mass is 208 g/mol. The fraction of sp³-hybridized carbons (Fsp3) is 0.333. The van der Waals surface area contributed by atoms with E-state index in [1.54, 1.807) is 0 Å². The zero-order chi connectivity index (χ0) is 8.10. The second kappa shape index (κ2) is 4.52. The van der Waals surface area contributed by atoms with Gasteiger partial charge in [0.25, 0.3) is 0 Å². The number of carbonyl (C=O) groups is 1. The minimum Gasteiger partial charge on any atom is -0.303 e. The Balaban J connectivity index is 2.53. The van der Waals surface area contributed by atoms with Crippen molar-refractivity contribution in [1.29, 1.82) is 0 Å². The van der Waals surface area contributed by atoms with Crippen LogP contribution in [0.5, 0.6) is 0 Å². The fourth-order valence-electron chi connectivity index (χ4n) is 0.347. The van der Waals surface area contributed by atoms with Gasteiger partial charge in [-0.25, -0.2) is 0 Å². The standard InChI is InChI=1S/C3H4N4OS3/c1-2(8)4-3-5-10-7-11-6-9-3/h1H3,(H,4,5,8). The molecule has 1 aliphatic rings. The summed E-state index contributed by atoms with van der Waals surface area (Å²) >= 11 is 3.17. The summed E-state index contributed by atoms with van der Waals surface area (Å²) < 4.78 is 11.4. The average Bonchev–Trinajstić information content (AvgIpc) is 2.14. The van der Waals surface area contributed by atoms with E-state index in [-0.39, 0.29) is 5.91 Å². The van der Waals surface area contributed by atoms with Crippen LogP contribution in [0.3, 0.4) is 0 Å². The van der Waals surface area contributed by atoms with Gasteiger partial charge in [0.15, 0.2) is 0 Å². The SMILES string of the molecule is CC(=O)NC1=NSN=S=NS1. The summed E-state index contributed by atoms with van der Waals surface area (Å²) in [6.07, 6.45) is 0. The predicted molar refractivity (Wildman–Crippen MR) is 48.7 cm³/mol. The van der Waals surface area contributed by atoms with Gasteiger partial charge in [-0.2, -0.15) is 4.40 Å². The Morgan fingerprint density at radius 3 is 3.09 bits per heavy atom. The summed E-state index contributed by atoms with van der Waals surface area (Å²) in [5, 5.41) is 2.98. The highest BCUT2D eigenvalue weighted by Crippen LogP contribution is 2.13. The quantitative estimate of drug-likeness (QED) is 0.607. The van der Waals surface area contributed by atoms with Crippen molar-refractivity contribution in [3.8, 4) is 0 Å². The van der Waals surface area contributed by atoms with Crippen LogP contribution in [0.15, 0.2) is 11.9 Å². The van der Waals surface area contributed by atoms with E-state index in [2.05, 4.69) is 17.3 Å². The Bertz CT molecular complexity index is 255. The van der Waals surface area contributed by atoms with Crippen molar-refractivity contribution >= 4 is 46.5 Å². The first-order valence-corrected chi connectivity index (χ1v) is 4.78. The Hall–Kier alpha value is -0.340. The molecule has 11 heavy (non-hydrogen) atoms. The van der Waals surface area contributed by atoms with E-state index < -0.39 is 0 Å². The summed E-state index contributed by atoms with van der Waals surface area (Å²) in [6, 6.07) is 0. The summed E-state index contributed by atoms with van der Waals surface area (Å²) in [4.78, 5) is 10.5. The number of carbonyl (C=O) groups excluding carboxylic acids is 1. The number of rotatable bonds is 0. The zero-order valence-electron chi connectivity index (χ0n) is 5.47. The van der Waals surface area contributed by atoms with Gasteiger partial charge < -0.3 is 5.32 Å². The molecule has 8 heteroatoms. The third kappa shape index (κ3) is 3.54. The van der Waals surface area contributed by atoms with Gasteiger partial charge >= 0.3 is 0 Å². The third-order valence-corrected chi connectivity index (χ3v) is 2.47. The number of nitrogens with zero attached hydrogens (tertiary/aromatic N) is 3. The van der Waals surface area contributed by atoms with Crippen LogP contribution in [0.2, 0.25) is 0 Å². The molecular formula is C3H4N4OS3. The lowest BCUT2D eigenvalue weighted by Gasteiger charge is -1.97. The minimum absolute atomic E-state index is 0.154. The van der Waals surface area contributed by atoms with Gasteiger partial charge in [-0.15, -0.1) is 7.54 Å². The second-order valence-corrected chi connectivity index (χ2v) is 3.75. The van der Waals surface area contributed by atoms with Crippen LogP contribution in [0.25, 0.3) is 0 Å². The van der Waals surface area contributed by atoms with Crippen molar-refractivity contribution in [1.82, 2.24) is 5.32 Å². The van der Waals surface area contributed by atoms with E-state index in [1.807, 2.05) is 0 Å². The van der Waals surface area contributed by atoms with Gasteiger partial charge in [0, 0.05) is 6.92 Å². The maximum absolute atomic E-state index is 10.5. The zero-order valence-corrected chi connectivity index (χ0v) is 7.92. The predicted octanol–water partition coefficient (Wildman–Crippen LogP) is 1.15. The molecule has 0 fully saturated rings. The maximum atomic E-state index is 10.5. The highest BCUT2D eigenvalue weighted by molar-refractivity contribution is 8.16. The molecule has 1 rings (SSSR count). The average molecular weight is 208 g/mol. The maximum Gasteiger partial charge on any atom is 0.222 e. The number of hydrogen-bond acceptors (Lipinski definition) is 6. The van der Waals surface area contributed by atoms with Gasteiger partial charge in [-0.3, -0.25) is 4.79 Å². The van der Waals surface area contributed by atoms with Gasteiger partial charge in [-0.05, 0) is 0 Å². The summed E-state index contributed by atoms with van der Waals surface area (Å²) in [7, 11) is 0. The second-order valence-electron chi connectivity index (χ2n) is 1.48. The highest BCUT2D eigenvalue weighted by Gasteiger charge is 2.02. The topological polar surface area (TPSA) is 66.2 Å². The van der Waals surface area contributed by atoms with Crippen LogP contribution in [0.4, 0.5) is 0 Å². The van der Waals surface area contributed by atoms with Crippen LogP contribution in [0, 0.1) is 0 Å². The summed E-state index contributed by atoms with van der Waals surface area (Å²) in [5.74, 6) is -0.154. The molecule has 0 spiro atoms. The minimum atomic E-state index is -0.154. The first kappa shape index (κ1) is 8.75. The molecular weight excluding hydrogens is 204 g/mol. The van der Waals surface area contributed by atoms with Crippen molar-refractivity contribution in [3.63, 3.8) is 0 Å². The van der Waals surface area contributed by atoms with E-state index in [4.69, 9.17) is 0 Å². The molecule has 0 radical (unpaired) electrons. The number of hydrogen-bond donors (Lipinski definition) is 1. The lowest BCUT2D eigenvalue weighted by molar-refractivity contribution is -0.117. The Labute approximate surface area is 75.7 Å². The molecule has 0 atom stereocenters. The van der Waals surface area contributed by atoms with Crippen LogP contribution >= 0.6 is 24.1 Å². The molecule has 0 saturated carbocycles. The molecule has 5 nitrogen and oxygen atoms in total. The molecule has 1 aliphatic heterocycles. The molecule has 60 valence electrons. The fourth-order valence-corrected chi connectivity index (χ4v) is 1.91. The van der Waals surface area contributed by atoms with E-state index in [1.165, 1.54) is 6.92 Å². The van der Waals surface area contributed by atoms with Gasteiger partial charge in [0.05, 0.1) is 23.3 Å². The molecule has 0 unspecified atom stereocenters. The molecule has 0 aromatic heterocycles. The van der Waals surface area contributed by atoms with Crippen molar-refractivity contribution in [3.05, 3.63) is 0 Å². The Morgan fingerprint density at radius 2 is 2.36 bits per heavy atom. The van der Waals surface area contributed by atoms with Crippen molar-refractivity contribution in [2.75, 3.05) is 0 Å². The summed E-state index contributed by atoms with van der Waals surface area (Å²) in [5.41, 5.74) is 0. The smallest absolute Gasteiger partial charge is 0.222 e. The molecule has 0 aromatic rings. The first-order valence-electron chi connectivity index (χ1n) is 2.54. The number of nitrogens with one attached hydrogen (secondary N) is 1. The first-order chi connectivity index (χ1) is 5.29. The molecule has 1 heterocycles. The van der Waals surface area contributed by atoms with Gasteiger partial charge in [0.1, 0.15) is 12.1 Å². The molecule has 1 amide bonds. The Morgan fingerprint density at radius 1 is 1.55 bits per heavy atom. The van der Waals surface area contributed by atoms with E-state index in [0.717, 1.165) is 35.4 Å². The highest BCUT2D eigenvalue weighted by atomic mass is 32.2. The lowest BCUT2D eigenvalue weighted by atomic mass is 10.7. The normalized spacial score (nSPS) is 16.3. The molecule has 0 bridgehead atoms. The number of amides is 1. The van der Waals surface area contributed by atoms with Crippen LogP contribution in [-0.4, -0.2) is 11.1 Å². The Kier molecular flexibility index (Phi) is 3.60. The van der Waals surface area contributed by atoms with Gasteiger partial charge in [-0.1, -0.05) is 0 Å². The largest absolute Gasteiger partial charge is 0.303 e. The van der Waals surface area contributed by atoms with Gasteiger partial charge in [0.2, 0.25) is 11.1 Å². The van der Waals surface area contributed by atoms with E-state index >= 15 is 0 Å². The lowest BCUT2D eigenvalue weighted by Crippen LogP contribution is -2.24. The number of amidine groups is 1. The van der Waals surface area contributed by atoms with Crippen molar-refractivity contribution in [2.24, 2.45) is 11.9 Å². The summed E-state index contributed by atoms with van der Waals surface area (Å²) in [6.45, 7) is 1.42. The van der Waals surface area contributed by atoms with Crippen molar-refractivity contribution in [2.45, 2.75) is 6.92 Å².